The fourth-order valence-electron chi connectivity index (χ4n) is 3.30. The molecular weight excluding hydrogens is 252 g/mol. The van der Waals surface area contributed by atoms with Crippen LogP contribution in [0.4, 0.5) is 0 Å². The van der Waals surface area contributed by atoms with Gasteiger partial charge >= 0.3 is 0 Å². The summed E-state index contributed by atoms with van der Waals surface area (Å²) in [5.41, 5.74) is 0. The van der Waals surface area contributed by atoms with Gasteiger partial charge in [-0.25, -0.2) is 0 Å². The smallest absolute Gasteiger partial charge is 0.237 e. The zero-order valence-corrected chi connectivity index (χ0v) is 12.2. The van der Waals surface area contributed by atoms with Crippen LogP contribution in [-0.2, 0) is 4.79 Å². The molecule has 0 aromatic carbocycles. The number of unbranched alkanes of at least 4 members (excludes halogenated alkanes) is 2. The van der Waals surface area contributed by atoms with Crippen LogP contribution in [0, 0.1) is 11.3 Å². The molecule has 0 spiro atoms. The second-order valence-electron chi connectivity index (χ2n) is 5.78. The number of carbonyl (C=O) groups is 1. The molecule has 2 heterocycles. The Morgan fingerprint density at radius 3 is 2.85 bits per heavy atom. The molecule has 2 aliphatic rings. The first-order valence-electron chi connectivity index (χ1n) is 7.94. The molecule has 1 amide bonds. The Hall–Kier alpha value is -1.12. The summed E-state index contributed by atoms with van der Waals surface area (Å²) >= 11 is 0. The van der Waals surface area contributed by atoms with E-state index in [9.17, 15) is 4.79 Å². The van der Waals surface area contributed by atoms with Crippen LogP contribution >= 0.6 is 0 Å². The number of hydrogen-bond acceptors (Lipinski definition) is 4. The van der Waals surface area contributed by atoms with Crippen LogP contribution in [0.2, 0.25) is 0 Å². The second kappa shape index (κ2) is 8.23. The number of carbonyl (C=O) groups excluding carboxylic acids is 1. The monoisotopic (exact) mass is 278 g/mol. The van der Waals surface area contributed by atoms with E-state index >= 15 is 0 Å². The van der Waals surface area contributed by atoms with E-state index in [-0.39, 0.29) is 11.9 Å². The number of nitrogens with zero attached hydrogens (tertiary/aromatic N) is 2. The molecule has 0 aromatic rings. The third-order valence-corrected chi connectivity index (χ3v) is 4.39. The number of rotatable bonds is 6. The van der Waals surface area contributed by atoms with Gasteiger partial charge in [0.05, 0.1) is 12.1 Å². The molecule has 0 saturated carbocycles. The average molecular weight is 278 g/mol. The third-order valence-electron chi connectivity index (χ3n) is 4.39. The summed E-state index contributed by atoms with van der Waals surface area (Å²) in [6.45, 7) is 3.92. The maximum atomic E-state index is 12.3. The van der Waals surface area contributed by atoms with Gasteiger partial charge in [-0.2, -0.15) is 5.26 Å². The molecule has 5 heteroatoms. The lowest BCUT2D eigenvalue weighted by molar-refractivity contribution is -0.126. The largest absolute Gasteiger partial charge is 0.355 e. The minimum atomic E-state index is 0.0778. The lowest BCUT2D eigenvalue weighted by atomic mass is 10.0. The Labute approximate surface area is 121 Å². The maximum absolute atomic E-state index is 12.3. The molecule has 1 atom stereocenters. The number of hydrogen-bond donors (Lipinski definition) is 2. The van der Waals surface area contributed by atoms with E-state index in [2.05, 4.69) is 21.6 Å². The summed E-state index contributed by atoms with van der Waals surface area (Å²) in [5.74, 6) is 0.193. The van der Waals surface area contributed by atoms with Gasteiger partial charge in [0.15, 0.2) is 0 Å². The summed E-state index contributed by atoms with van der Waals surface area (Å²) in [6.07, 6.45) is 6.81. The molecule has 1 unspecified atom stereocenters. The van der Waals surface area contributed by atoms with Crippen LogP contribution in [0.15, 0.2) is 0 Å². The molecule has 0 aliphatic carbocycles. The minimum Gasteiger partial charge on any atom is -0.355 e. The Kier molecular flexibility index (Phi) is 6.28. The van der Waals surface area contributed by atoms with Crippen LogP contribution in [0.1, 0.15) is 44.9 Å². The van der Waals surface area contributed by atoms with Crippen molar-refractivity contribution >= 4 is 5.91 Å². The van der Waals surface area contributed by atoms with Crippen LogP contribution in [0.3, 0.4) is 0 Å². The summed E-state index contributed by atoms with van der Waals surface area (Å²) in [5, 5.41) is 14.9. The van der Waals surface area contributed by atoms with Crippen LogP contribution in [-0.4, -0.2) is 49.1 Å². The highest BCUT2D eigenvalue weighted by atomic mass is 16.2. The van der Waals surface area contributed by atoms with E-state index in [1.165, 1.54) is 0 Å². The molecule has 112 valence electrons. The molecule has 20 heavy (non-hydrogen) atoms. The number of likely N-dealkylation sites (tertiary alicyclic amines) is 1. The highest BCUT2D eigenvalue weighted by Gasteiger charge is 2.35. The molecule has 0 bridgehead atoms. The van der Waals surface area contributed by atoms with Crippen molar-refractivity contribution in [2.24, 2.45) is 0 Å². The van der Waals surface area contributed by atoms with Crippen molar-refractivity contribution in [3.8, 4) is 6.07 Å². The van der Waals surface area contributed by atoms with E-state index < -0.39 is 0 Å². The first-order chi connectivity index (χ1) is 9.83. The minimum absolute atomic E-state index is 0.0778. The second-order valence-corrected chi connectivity index (χ2v) is 5.78. The van der Waals surface area contributed by atoms with E-state index in [1.807, 2.05) is 0 Å². The van der Waals surface area contributed by atoms with Crippen molar-refractivity contribution in [3.05, 3.63) is 0 Å². The normalized spacial score (nSPS) is 24.4. The SMILES string of the molecule is N#CCCCCNC(=O)C1CCCN1C1CCNCC1. The first kappa shape index (κ1) is 15.3. The predicted molar refractivity (Wildman–Crippen MR) is 78.1 cm³/mol. The molecule has 2 fully saturated rings. The molecule has 0 aromatic heterocycles. The molecule has 2 rings (SSSR count). The summed E-state index contributed by atoms with van der Waals surface area (Å²) in [4.78, 5) is 14.7. The molecule has 2 aliphatic heterocycles. The molecule has 0 radical (unpaired) electrons. The maximum Gasteiger partial charge on any atom is 0.237 e. The highest BCUT2D eigenvalue weighted by molar-refractivity contribution is 5.82. The zero-order chi connectivity index (χ0) is 14.2. The van der Waals surface area contributed by atoms with Crippen LogP contribution in [0.25, 0.3) is 0 Å². The van der Waals surface area contributed by atoms with Gasteiger partial charge in [-0.15, -0.1) is 0 Å². The fourth-order valence-corrected chi connectivity index (χ4v) is 3.30. The topological polar surface area (TPSA) is 68.2 Å². The predicted octanol–water partition coefficient (Wildman–Crippen LogP) is 1.01. The molecule has 2 saturated heterocycles. The van der Waals surface area contributed by atoms with Crippen molar-refractivity contribution in [1.82, 2.24) is 15.5 Å². The third kappa shape index (κ3) is 4.19. The number of piperidine rings is 1. The van der Waals surface area contributed by atoms with Gasteiger partial charge in [0.2, 0.25) is 5.91 Å². The van der Waals surface area contributed by atoms with Gasteiger partial charge in [-0.05, 0) is 58.2 Å². The van der Waals surface area contributed by atoms with Gasteiger partial charge in [-0.1, -0.05) is 0 Å². The Balaban J connectivity index is 1.74. The van der Waals surface area contributed by atoms with Crippen molar-refractivity contribution in [3.63, 3.8) is 0 Å². The van der Waals surface area contributed by atoms with Crippen molar-refractivity contribution < 1.29 is 4.79 Å². The molecule has 2 N–H and O–H groups in total. The Bertz CT molecular complexity index is 346. The van der Waals surface area contributed by atoms with E-state index in [4.69, 9.17) is 5.26 Å². The number of nitrogens with one attached hydrogen (secondary N) is 2. The number of nitriles is 1. The Morgan fingerprint density at radius 2 is 2.10 bits per heavy atom. The Morgan fingerprint density at radius 1 is 1.30 bits per heavy atom. The van der Waals surface area contributed by atoms with E-state index in [0.717, 1.165) is 58.2 Å². The van der Waals surface area contributed by atoms with Crippen molar-refractivity contribution in [2.75, 3.05) is 26.2 Å². The van der Waals surface area contributed by atoms with Gasteiger partial charge in [-0.3, -0.25) is 9.69 Å². The number of amides is 1. The lowest BCUT2D eigenvalue weighted by Crippen LogP contribution is -2.50. The van der Waals surface area contributed by atoms with Gasteiger partial charge in [0.25, 0.3) is 0 Å². The van der Waals surface area contributed by atoms with Crippen molar-refractivity contribution in [1.29, 1.82) is 5.26 Å². The lowest BCUT2D eigenvalue weighted by Gasteiger charge is -2.35. The first-order valence-corrected chi connectivity index (χ1v) is 7.94. The summed E-state index contributed by atoms with van der Waals surface area (Å²) in [7, 11) is 0. The van der Waals surface area contributed by atoms with Gasteiger partial charge in [0.1, 0.15) is 0 Å². The summed E-state index contributed by atoms with van der Waals surface area (Å²) < 4.78 is 0. The fraction of sp³-hybridized carbons (Fsp3) is 0.867. The molecular formula is C15H26N4O. The zero-order valence-electron chi connectivity index (χ0n) is 12.2. The standard InChI is InChI=1S/C15H26N4O/c16-8-2-1-3-9-18-15(20)14-5-4-12-19(14)13-6-10-17-11-7-13/h13-14,17H,1-7,9-12H2,(H,18,20). The van der Waals surface area contributed by atoms with E-state index in [1.54, 1.807) is 0 Å². The quantitative estimate of drug-likeness (QED) is 0.712. The van der Waals surface area contributed by atoms with Gasteiger partial charge in [0, 0.05) is 19.0 Å². The highest BCUT2D eigenvalue weighted by Crippen LogP contribution is 2.24. The van der Waals surface area contributed by atoms with Crippen LogP contribution < -0.4 is 10.6 Å². The van der Waals surface area contributed by atoms with E-state index in [0.29, 0.717) is 19.0 Å². The van der Waals surface area contributed by atoms with Crippen molar-refractivity contribution in [2.45, 2.75) is 57.0 Å². The average Bonchev–Trinajstić information content (AvgIpc) is 2.97. The van der Waals surface area contributed by atoms with Crippen LogP contribution in [0.5, 0.6) is 0 Å². The molecule has 5 nitrogen and oxygen atoms in total. The summed E-state index contributed by atoms with van der Waals surface area (Å²) in [6, 6.07) is 2.79. The van der Waals surface area contributed by atoms with Gasteiger partial charge < -0.3 is 10.6 Å².